The lowest BCUT2D eigenvalue weighted by Crippen LogP contribution is -2.59. The van der Waals surface area contributed by atoms with Crippen molar-refractivity contribution in [3.63, 3.8) is 0 Å². The molecule has 0 rings (SSSR count). The molecular weight excluding hydrogens is 318 g/mol. The first kappa shape index (κ1) is 22.3. The Kier molecular flexibility index (Phi) is 7.38. The average Bonchev–Trinajstić information content (AvgIpc) is 2.38. The molecule has 1 amide bonds. The Morgan fingerprint density at radius 3 is 1.79 bits per heavy atom. The summed E-state index contributed by atoms with van der Waals surface area (Å²) >= 11 is 0. The van der Waals surface area contributed by atoms with Gasteiger partial charge in [-0.25, -0.2) is 9.59 Å². The van der Waals surface area contributed by atoms with Gasteiger partial charge in [0.25, 0.3) is 0 Å². The topological polar surface area (TPSA) is 113 Å². The third-order valence-electron chi connectivity index (χ3n) is 2.85. The Hall–Kier alpha value is -1.67. The van der Waals surface area contributed by atoms with Gasteiger partial charge in [-0.3, -0.25) is 9.63 Å². The number of hydrogen-bond donors (Lipinski definition) is 2. The number of esters is 1. The van der Waals surface area contributed by atoms with Gasteiger partial charge in [-0.05, 0) is 61.3 Å². The minimum absolute atomic E-state index is 0.0938. The molecule has 0 aliphatic heterocycles. The van der Waals surface area contributed by atoms with E-state index < -0.39 is 34.6 Å². The van der Waals surface area contributed by atoms with E-state index in [2.05, 4.69) is 0 Å². The summed E-state index contributed by atoms with van der Waals surface area (Å²) in [5.41, 5.74) is -3.66. The summed E-state index contributed by atoms with van der Waals surface area (Å²) in [5.74, 6) is -3.76. The molecule has 24 heavy (non-hydrogen) atoms. The average molecular weight is 347 g/mol. The van der Waals surface area contributed by atoms with Crippen molar-refractivity contribution in [2.45, 2.75) is 78.0 Å². The molecule has 140 valence electrons. The van der Waals surface area contributed by atoms with Crippen LogP contribution < -0.4 is 0 Å². The van der Waals surface area contributed by atoms with E-state index in [1.165, 1.54) is 6.92 Å². The van der Waals surface area contributed by atoms with Gasteiger partial charge in [-0.2, -0.15) is 5.06 Å². The van der Waals surface area contributed by atoms with Crippen molar-refractivity contribution in [1.29, 1.82) is 0 Å². The molecule has 1 atom stereocenters. The number of nitrogens with zero attached hydrogens (tertiary/aromatic N) is 1. The Bertz CT molecular complexity index is 476. The smallest absolute Gasteiger partial charge is 0.399 e. The molecule has 2 N–H and O–H groups in total. The van der Waals surface area contributed by atoms with Crippen LogP contribution in [0.4, 0.5) is 0 Å². The molecule has 0 fully saturated rings. The molecule has 8 heteroatoms. The van der Waals surface area contributed by atoms with E-state index in [0.717, 1.165) is 0 Å². The first-order valence-corrected chi connectivity index (χ1v) is 7.75. The zero-order chi connectivity index (χ0) is 19.3. The number of rotatable bonds is 6. The van der Waals surface area contributed by atoms with Gasteiger partial charge in [-0.1, -0.05) is 0 Å². The molecule has 0 saturated carbocycles. The van der Waals surface area contributed by atoms with Crippen molar-refractivity contribution < 1.29 is 34.2 Å². The number of aliphatic hydroxyl groups excluding tert-OH is 1. The van der Waals surface area contributed by atoms with E-state index in [1.807, 2.05) is 0 Å². The molecule has 0 spiro atoms. The molecule has 0 aliphatic carbocycles. The number of amides is 1. The number of carboxylic acids is 1. The molecule has 0 heterocycles. The van der Waals surface area contributed by atoms with E-state index in [-0.39, 0.29) is 19.4 Å². The fraction of sp³-hybridized carbons (Fsp3) is 0.812. The van der Waals surface area contributed by atoms with Crippen molar-refractivity contribution in [2.75, 3.05) is 6.61 Å². The predicted octanol–water partition coefficient (Wildman–Crippen LogP) is 1.50. The molecule has 0 aromatic heterocycles. The van der Waals surface area contributed by atoms with Crippen LogP contribution in [0.2, 0.25) is 0 Å². The number of carboxylic acid groups (broad SMARTS) is 1. The van der Waals surface area contributed by atoms with Crippen LogP contribution in [0.1, 0.15) is 61.3 Å². The minimum Gasteiger partial charge on any atom is -0.479 e. The quantitative estimate of drug-likeness (QED) is 0.425. The third-order valence-corrected chi connectivity index (χ3v) is 2.85. The maximum Gasteiger partial charge on any atom is 0.399 e. The summed E-state index contributed by atoms with van der Waals surface area (Å²) in [6.07, 6.45) is 0.0256. The van der Waals surface area contributed by atoms with Crippen LogP contribution in [0.3, 0.4) is 0 Å². The summed E-state index contributed by atoms with van der Waals surface area (Å²) in [6, 6.07) is 0. The number of carbonyl (C=O) groups is 3. The Labute approximate surface area is 142 Å². The molecule has 0 aliphatic rings. The largest absolute Gasteiger partial charge is 0.479 e. The van der Waals surface area contributed by atoms with Crippen LogP contribution in [0.15, 0.2) is 0 Å². The molecular formula is C16H29NO7. The molecule has 8 nitrogen and oxygen atoms in total. The van der Waals surface area contributed by atoms with E-state index in [4.69, 9.17) is 14.7 Å². The summed E-state index contributed by atoms with van der Waals surface area (Å²) in [4.78, 5) is 41.8. The van der Waals surface area contributed by atoms with Crippen molar-refractivity contribution in [1.82, 2.24) is 5.06 Å². The normalized spacial score (nSPS) is 14.7. The first-order valence-electron chi connectivity index (χ1n) is 7.75. The molecule has 0 radical (unpaired) electrons. The SMILES string of the molecule is CC(C)(C)OC(=O)C(=O)N(OC(C)(C)C)[C@@](C)(CCCO)C(=O)O. The molecule has 0 saturated heterocycles. The summed E-state index contributed by atoms with van der Waals surface area (Å²) in [5, 5.41) is 19.1. The lowest BCUT2D eigenvalue weighted by molar-refractivity contribution is -0.265. The van der Waals surface area contributed by atoms with Crippen LogP contribution in [0.25, 0.3) is 0 Å². The van der Waals surface area contributed by atoms with Gasteiger partial charge in [0.2, 0.25) is 0 Å². The van der Waals surface area contributed by atoms with Crippen LogP contribution in [-0.4, -0.2) is 56.5 Å². The molecule has 0 bridgehead atoms. The molecule has 0 aromatic carbocycles. The van der Waals surface area contributed by atoms with Gasteiger partial charge in [0.15, 0.2) is 5.54 Å². The van der Waals surface area contributed by atoms with Crippen LogP contribution in [-0.2, 0) is 24.0 Å². The molecule has 0 unspecified atom stereocenters. The van der Waals surface area contributed by atoms with Crippen molar-refractivity contribution in [3.8, 4) is 0 Å². The second-order valence-corrected chi connectivity index (χ2v) is 7.71. The van der Waals surface area contributed by atoms with Gasteiger partial charge in [0.05, 0.1) is 5.60 Å². The highest BCUT2D eigenvalue weighted by Crippen LogP contribution is 2.27. The highest BCUT2D eigenvalue weighted by Gasteiger charge is 2.48. The highest BCUT2D eigenvalue weighted by molar-refractivity contribution is 6.32. The van der Waals surface area contributed by atoms with Crippen LogP contribution >= 0.6 is 0 Å². The monoisotopic (exact) mass is 347 g/mol. The standard InChI is InChI=1S/C16H29NO7/c1-14(2,3)23-12(20)11(19)17(24-15(4,5)6)16(7,13(21)22)9-8-10-18/h18H,8-10H2,1-7H3,(H,21,22)/t16-/m0/s1. The van der Waals surface area contributed by atoms with Gasteiger partial charge < -0.3 is 14.9 Å². The molecule has 0 aromatic rings. The number of ether oxygens (including phenoxy) is 1. The van der Waals surface area contributed by atoms with Crippen molar-refractivity contribution >= 4 is 17.8 Å². The fourth-order valence-electron chi connectivity index (χ4n) is 1.76. The lowest BCUT2D eigenvalue weighted by atomic mass is 9.95. The number of carbonyl (C=O) groups excluding carboxylic acids is 2. The number of aliphatic hydroxyl groups is 1. The zero-order valence-electron chi connectivity index (χ0n) is 15.5. The van der Waals surface area contributed by atoms with E-state index >= 15 is 0 Å². The summed E-state index contributed by atoms with van der Waals surface area (Å²) in [7, 11) is 0. The predicted molar refractivity (Wildman–Crippen MR) is 85.9 cm³/mol. The Balaban J connectivity index is 5.76. The van der Waals surface area contributed by atoms with Gasteiger partial charge in [-0.15, -0.1) is 0 Å². The van der Waals surface area contributed by atoms with Gasteiger partial charge in [0, 0.05) is 6.61 Å². The Morgan fingerprint density at radius 2 is 1.46 bits per heavy atom. The van der Waals surface area contributed by atoms with Crippen LogP contribution in [0, 0.1) is 0 Å². The number of hydrogen-bond acceptors (Lipinski definition) is 6. The Morgan fingerprint density at radius 1 is 0.958 bits per heavy atom. The fourth-order valence-corrected chi connectivity index (χ4v) is 1.76. The number of aliphatic carboxylic acids is 1. The zero-order valence-corrected chi connectivity index (χ0v) is 15.5. The maximum atomic E-state index is 12.5. The number of hydroxylamine groups is 2. The van der Waals surface area contributed by atoms with Crippen molar-refractivity contribution in [2.24, 2.45) is 0 Å². The third kappa shape index (κ3) is 6.84. The minimum atomic E-state index is -1.83. The van der Waals surface area contributed by atoms with E-state index in [0.29, 0.717) is 5.06 Å². The second kappa shape index (κ2) is 7.94. The summed E-state index contributed by atoms with van der Waals surface area (Å²) < 4.78 is 5.02. The van der Waals surface area contributed by atoms with E-state index in [9.17, 15) is 19.5 Å². The highest BCUT2D eigenvalue weighted by atomic mass is 16.7. The van der Waals surface area contributed by atoms with Crippen LogP contribution in [0.5, 0.6) is 0 Å². The first-order chi connectivity index (χ1) is 10.6. The van der Waals surface area contributed by atoms with Gasteiger partial charge >= 0.3 is 17.8 Å². The summed E-state index contributed by atoms with van der Waals surface area (Å²) in [6.45, 7) is 10.6. The van der Waals surface area contributed by atoms with Gasteiger partial charge in [0.1, 0.15) is 5.60 Å². The second-order valence-electron chi connectivity index (χ2n) is 7.71. The maximum absolute atomic E-state index is 12.5. The van der Waals surface area contributed by atoms with Crippen molar-refractivity contribution in [3.05, 3.63) is 0 Å². The van der Waals surface area contributed by atoms with E-state index in [1.54, 1.807) is 41.5 Å². The lowest BCUT2D eigenvalue weighted by Gasteiger charge is -2.39.